The molecule has 1 unspecified atom stereocenters. The molecule has 0 radical (unpaired) electrons. The van der Waals surface area contributed by atoms with Crippen LogP contribution in [0.4, 0.5) is 4.79 Å². The highest BCUT2D eigenvalue weighted by Gasteiger charge is 2.51. The molecule has 3 rings (SSSR count). The molecule has 0 spiro atoms. The van der Waals surface area contributed by atoms with Crippen molar-refractivity contribution in [2.45, 2.75) is 71.4 Å². The summed E-state index contributed by atoms with van der Waals surface area (Å²) in [7, 11) is 1.40. The van der Waals surface area contributed by atoms with Gasteiger partial charge in [0.1, 0.15) is 5.60 Å². The first-order chi connectivity index (χ1) is 13.8. The molecule has 2 heterocycles. The maximum atomic E-state index is 12.3. The monoisotopic (exact) mass is 414 g/mol. The van der Waals surface area contributed by atoms with Crippen LogP contribution in [0.1, 0.15) is 66.0 Å². The fraction of sp³-hybridized carbons (Fsp3) is 0.545. The molecule has 1 saturated heterocycles. The average Bonchev–Trinajstić information content (AvgIpc) is 3.11. The Morgan fingerprint density at radius 3 is 2.13 bits per heavy atom. The van der Waals surface area contributed by atoms with Crippen LogP contribution < -0.4 is 5.46 Å². The molecule has 30 heavy (non-hydrogen) atoms. The summed E-state index contributed by atoms with van der Waals surface area (Å²) >= 11 is 0. The maximum Gasteiger partial charge on any atom is 0.509 e. The molecule has 1 aliphatic rings. The Morgan fingerprint density at radius 1 is 1.10 bits per heavy atom. The third kappa shape index (κ3) is 4.70. The van der Waals surface area contributed by atoms with Crippen LogP contribution >= 0.6 is 0 Å². The molecule has 0 aliphatic carbocycles. The van der Waals surface area contributed by atoms with Crippen LogP contribution in [0.3, 0.4) is 0 Å². The van der Waals surface area contributed by atoms with Gasteiger partial charge in [0.25, 0.3) is 0 Å². The lowest BCUT2D eigenvalue weighted by molar-refractivity contribution is -0.0218. The molecule has 7 nitrogen and oxygen atoms in total. The lowest BCUT2D eigenvalue weighted by atomic mass is 9.78. The smallest absolute Gasteiger partial charge is 0.429 e. The highest BCUT2D eigenvalue weighted by molar-refractivity contribution is 6.62. The van der Waals surface area contributed by atoms with Crippen LogP contribution in [0.25, 0.3) is 0 Å². The van der Waals surface area contributed by atoms with Crippen LogP contribution in [0.5, 0.6) is 0 Å². The molecule has 1 aromatic carbocycles. The van der Waals surface area contributed by atoms with Crippen LogP contribution in [-0.2, 0) is 25.8 Å². The van der Waals surface area contributed by atoms with Crippen molar-refractivity contribution in [3.05, 3.63) is 48.0 Å². The number of carbonyl (C=O) groups excluding carboxylic acids is 1. The summed E-state index contributed by atoms with van der Waals surface area (Å²) in [4.78, 5) is 16.7. The summed E-state index contributed by atoms with van der Waals surface area (Å²) in [6.07, 6.45) is 2.02. The Kier molecular flexibility index (Phi) is 5.77. The standard InChI is InChI=1S/C22H31BN2O5/c1-20(2,3)28-19(26)27-17(18-24-13-14-25(18)8)15-9-11-16(12-10-15)23-29-21(4,5)22(6,7)30-23/h9-14,17H,1-8H3. The number of rotatable bonds is 4. The van der Waals surface area contributed by atoms with Crippen molar-refractivity contribution in [1.82, 2.24) is 9.55 Å². The topological polar surface area (TPSA) is 71.8 Å². The molecular formula is C22H31BN2O5. The van der Waals surface area contributed by atoms with Crippen molar-refractivity contribution in [2.75, 3.05) is 0 Å². The van der Waals surface area contributed by atoms with Gasteiger partial charge in [0.2, 0.25) is 0 Å². The third-order valence-corrected chi connectivity index (χ3v) is 5.46. The van der Waals surface area contributed by atoms with Crippen molar-refractivity contribution in [1.29, 1.82) is 0 Å². The minimum atomic E-state index is -0.745. The Balaban J connectivity index is 1.84. The van der Waals surface area contributed by atoms with Crippen molar-refractivity contribution in [2.24, 2.45) is 7.05 Å². The van der Waals surface area contributed by atoms with Gasteiger partial charge in [-0.05, 0) is 53.9 Å². The highest BCUT2D eigenvalue weighted by Crippen LogP contribution is 2.36. The van der Waals surface area contributed by atoms with Gasteiger partial charge in [-0.2, -0.15) is 0 Å². The van der Waals surface area contributed by atoms with E-state index in [9.17, 15) is 4.79 Å². The molecular weight excluding hydrogens is 383 g/mol. The number of nitrogens with zero attached hydrogens (tertiary/aromatic N) is 2. The number of hydrogen-bond donors (Lipinski definition) is 0. The fourth-order valence-corrected chi connectivity index (χ4v) is 3.08. The van der Waals surface area contributed by atoms with Gasteiger partial charge in [0.15, 0.2) is 11.9 Å². The molecule has 0 amide bonds. The lowest BCUT2D eigenvalue weighted by Crippen LogP contribution is -2.41. The van der Waals surface area contributed by atoms with E-state index in [-0.39, 0.29) is 0 Å². The highest BCUT2D eigenvalue weighted by atomic mass is 16.7. The number of carbonyl (C=O) groups is 1. The molecule has 1 fully saturated rings. The number of aromatic nitrogens is 2. The van der Waals surface area contributed by atoms with Crippen molar-refractivity contribution in [3.8, 4) is 0 Å². The van der Waals surface area contributed by atoms with Crippen LogP contribution in [-0.4, -0.2) is 39.6 Å². The van der Waals surface area contributed by atoms with Gasteiger partial charge in [0, 0.05) is 25.0 Å². The summed E-state index contributed by atoms with van der Waals surface area (Å²) in [6.45, 7) is 13.5. The fourth-order valence-electron chi connectivity index (χ4n) is 3.08. The first-order valence-electron chi connectivity index (χ1n) is 10.1. The van der Waals surface area contributed by atoms with E-state index >= 15 is 0 Å². The summed E-state index contributed by atoms with van der Waals surface area (Å²) in [6, 6.07) is 7.63. The summed E-state index contributed by atoms with van der Waals surface area (Å²) in [5, 5.41) is 0. The van der Waals surface area contributed by atoms with Crippen LogP contribution in [0.15, 0.2) is 36.7 Å². The van der Waals surface area contributed by atoms with E-state index < -0.39 is 36.2 Å². The summed E-state index contributed by atoms with van der Waals surface area (Å²) in [5.41, 5.74) is 0.199. The van der Waals surface area contributed by atoms with Gasteiger partial charge in [-0.3, -0.25) is 0 Å². The molecule has 8 heteroatoms. The predicted octanol–water partition coefficient (Wildman–Crippen LogP) is 3.76. The Bertz CT molecular complexity index is 883. The average molecular weight is 414 g/mol. The van der Waals surface area contributed by atoms with E-state index in [0.717, 1.165) is 11.0 Å². The maximum absolute atomic E-state index is 12.3. The molecule has 0 N–H and O–H groups in total. The van der Waals surface area contributed by atoms with Crippen molar-refractivity contribution in [3.63, 3.8) is 0 Å². The van der Waals surface area contributed by atoms with Gasteiger partial charge in [-0.1, -0.05) is 24.3 Å². The first kappa shape index (κ1) is 22.4. The summed E-state index contributed by atoms with van der Waals surface area (Å²) < 4.78 is 25.1. The quantitative estimate of drug-likeness (QED) is 0.561. The van der Waals surface area contributed by atoms with E-state index in [4.69, 9.17) is 18.8 Å². The van der Waals surface area contributed by atoms with E-state index in [1.54, 1.807) is 33.2 Å². The van der Waals surface area contributed by atoms with Gasteiger partial charge in [0.05, 0.1) is 11.2 Å². The molecule has 0 saturated carbocycles. The van der Waals surface area contributed by atoms with Gasteiger partial charge >= 0.3 is 13.3 Å². The lowest BCUT2D eigenvalue weighted by Gasteiger charge is -2.32. The zero-order chi connectivity index (χ0) is 22.3. The molecule has 162 valence electrons. The third-order valence-electron chi connectivity index (χ3n) is 5.46. The van der Waals surface area contributed by atoms with Crippen molar-refractivity contribution >= 4 is 18.7 Å². The van der Waals surface area contributed by atoms with E-state index in [2.05, 4.69) is 4.98 Å². The first-order valence-corrected chi connectivity index (χ1v) is 10.1. The van der Waals surface area contributed by atoms with Crippen molar-refractivity contribution < 1.29 is 23.6 Å². The predicted molar refractivity (Wildman–Crippen MR) is 115 cm³/mol. The number of benzene rings is 1. The summed E-state index contributed by atoms with van der Waals surface area (Å²) in [5.74, 6) is 0.601. The number of ether oxygens (including phenoxy) is 2. The molecule has 1 aliphatic heterocycles. The van der Waals surface area contributed by atoms with E-state index in [1.807, 2.05) is 63.6 Å². The molecule has 0 bridgehead atoms. The molecule has 1 aromatic heterocycles. The minimum absolute atomic E-state index is 0.411. The molecule has 2 aromatic rings. The van der Waals surface area contributed by atoms with Crippen LogP contribution in [0.2, 0.25) is 0 Å². The Hall–Kier alpha value is -2.32. The SMILES string of the molecule is Cn1ccnc1C(OC(=O)OC(C)(C)C)c1ccc(B2OC(C)(C)C(C)(C)O2)cc1. The second kappa shape index (κ2) is 7.74. The van der Waals surface area contributed by atoms with Crippen LogP contribution in [0, 0.1) is 0 Å². The number of aryl methyl sites for hydroxylation is 1. The number of hydrogen-bond acceptors (Lipinski definition) is 6. The zero-order valence-corrected chi connectivity index (χ0v) is 19.1. The Morgan fingerprint density at radius 2 is 1.67 bits per heavy atom. The van der Waals surface area contributed by atoms with Gasteiger partial charge < -0.3 is 23.3 Å². The van der Waals surface area contributed by atoms with Gasteiger partial charge in [-0.25, -0.2) is 9.78 Å². The Labute approximate surface area is 178 Å². The zero-order valence-electron chi connectivity index (χ0n) is 19.1. The second-order valence-electron chi connectivity index (χ2n) is 9.61. The van der Waals surface area contributed by atoms with E-state index in [1.165, 1.54) is 0 Å². The van der Waals surface area contributed by atoms with Gasteiger partial charge in [-0.15, -0.1) is 0 Å². The second-order valence-corrected chi connectivity index (χ2v) is 9.61. The number of imidazole rings is 1. The minimum Gasteiger partial charge on any atom is -0.429 e. The largest absolute Gasteiger partial charge is 0.509 e. The van der Waals surface area contributed by atoms with E-state index in [0.29, 0.717) is 5.82 Å². The molecule has 1 atom stereocenters. The normalized spacial score (nSPS) is 18.9.